The van der Waals surface area contributed by atoms with Crippen molar-refractivity contribution in [1.82, 2.24) is 10.3 Å². The summed E-state index contributed by atoms with van der Waals surface area (Å²) in [4.78, 5) is 15.8. The average Bonchev–Trinajstić information content (AvgIpc) is 2.81. The molecule has 0 aliphatic carbocycles. The Bertz CT molecular complexity index is 528. The summed E-state index contributed by atoms with van der Waals surface area (Å²) in [5, 5.41) is 5.36. The van der Waals surface area contributed by atoms with E-state index < -0.39 is 0 Å². The number of carbonyl (C=O) groups excluding carboxylic acids is 1. The van der Waals surface area contributed by atoms with Crippen molar-refractivity contribution in [3.05, 3.63) is 51.4 Å². The molecule has 94 valence electrons. The topological polar surface area (TPSA) is 42.0 Å². The number of halogens is 1. The number of nitrogens with zero attached hydrogens (tertiary/aromatic N) is 1. The van der Waals surface area contributed by atoms with Crippen molar-refractivity contribution in [3.63, 3.8) is 0 Å². The molecule has 1 amide bonds. The Balaban J connectivity index is 1.93. The van der Waals surface area contributed by atoms with E-state index in [9.17, 15) is 4.79 Å². The standard InChI is InChI=1S/C13H13ClN2OS/c1-9(5-10-3-2-4-11(14)6-10)16-13(17)12-7-18-8-15-12/h2-4,6-9H,5H2,1H3,(H,16,17). The van der Waals surface area contributed by atoms with Gasteiger partial charge >= 0.3 is 0 Å². The van der Waals surface area contributed by atoms with Gasteiger partial charge in [0.05, 0.1) is 5.51 Å². The fraction of sp³-hybridized carbons (Fsp3) is 0.231. The smallest absolute Gasteiger partial charge is 0.270 e. The first-order chi connectivity index (χ1) is 8.65. The Morgan fingerprint density at radius 2 is 2.39 bits per heavy atom. The van der Waals surface area contributed by atoms with E-state index in [1.54, 1.807) is 10.9 Å². The fourth-order valence-corrected chi connectivity index (χ4v) is 2.44. The summed E-state index contributed by atoms with van der Waals surface area (Å²) >= 11 is 7.33. The third-order valence-electron chi connectivity index (χ3n) is 2.47. The van der Waals surface area contributed by atoms with Gasteiger partial charge in [-0.05, 0) is 31.0 Å². The zero-order valence-electron chi connectivity index (χ0n) is 9.89. The lowest BCUT2D eigenvalue weighted by atomic mass is 10.1. The van der Waals surface area contributed by atoms with E-state index >= 15 is 0 Å². The van der Waals surface area contributed by atoms with Crippen LogP contribution in [0.4, 0.5) is 0 Å². The normalized spacial score (nSPS) is 12.1. The summed E-state index contributed by atoms with van der Waals surface area (Å²) < 4.78 is 0. The third-order valence-corrected chi connectivity index (χ3v) is 3.29. The number of thiazole rings is 1. The molecule has 1 N–H and O–H groups in total. The quantitative estimate of drug-likeness (QED) is 0.935. The van der Waals surface area contributed by atoms with E-state index in [0.717, 1.165) is 12.0 Å². The van der Waals surface area contributed by atoms with Crippen LogP contribution in [-0.4, -0.2) is 16.9 Å². The molecular weight excluding hydrogens is 268 g/mol. The second kappa shape index (κ2) is 5.98. The number of aromatic nitrogens is 1. The Hall–Kier alpha value is -1.39. The maximum absolute atomic E-state index is 11.8. The molecule has 0 saturated heterocycles. The third kappa shape index (κ3) is 3.55. The Labute approximate surface area is 115 Å². The molecular formula is C13H13ClN2OS. The summed E-state index contributed by atoms with van der Waals surface area (Å²) in [5.74, 6) is -0.134. The lowest BCUT2D eigenvalue weighted by molar-refractivity contribution is 0.0936. The molecule has 1 heterocycles. The number of hydrogen-bond acceptors (Lipinski definition) is 3. The SMILES string of the molecule is CC(Cc1cccc(Cl)c1)NC(=O)c1cscn1. The molecule has 2 aromatic rings. The average molecular weight is 281 g/mol. The molecule has 0 aliphatic rings. The summed E-state index contributed by atoms with van der Waals surface area (Å²) in [6.07, 6.45) is 0.746. The largest absolute Gasteiger partial charge is 0.348 e. The number of rotatable bonds is 4. The van der Waals surface area contributed by atoms with Crippen molar-refractivity contribution in [2.45, 2.75) is 19.4 Å². The molecule has 3 nitrogen and oxygen atoms in total. The van der Waals surface area contributed by atoms with Crippen LogP contribution in [0.15, 0.2) is 35.2 Å². The zero-order valence-corrected chi connectivity index (χ0v) is 11.5. The minimum atomic E-state index is -0.134. The second-order valence-corrected chi connectivity index (χ2v) is 5.24. The highest BCUT2D eigenvalue weighted by molar-refractivity contribution is 7.07. The van der Waals surface area contributed by atoms with E-state index in [4.69, 9.17) is 11.6 Å². The van der Waals surface area contributed by atoms with Gasteiger partial charge in [0.2, 0.25) is 0 Å². The van der Waals surface area contributed by atoms with Gasteiger partial charge in [0.1, 0.15) is 5.69 Å². The Morgan fingerprint density at radius 1 is 1.56 bits per heavy atom. The first-order valence-electron chi connectivity index (χ1n) is 5.58. The van der Waals surface area contributed by atoms with Gasteiger partial charge in [0.15, 0.2) is 0 Å². The van der Waals surface area contributed by atoms with Gasteiger partial charge in [-0.25, -0.2) is 4.98 Å². The molecule has 2 rings (SSSR count). The number of hydrogen-bond donors (Lipinski definition) is 1. The van der Waals surface area contributed by atoms with E-state index in [0.29, 0.717) is 10.7 Å². The molecule has 5 heteroatoms. The summed E-state index contributed by atoms with van der Waals surface area (Å²) in [6, 6.07) is 7.69. The minimum Gasteiger partial charge on any atom is -0.348 e. The predicted octanol–water partition coefficient (Wildman–Crippen LogP) is 3.16. The van der Waals surface area contributed by atoms with Crippen LogP contribution in [0.2, 0.25) is 5.02 Å². The molecule has 1 unspecified atom stereocenters. The molecule has 1 atom stereocenters. The summed E-state index contributed by atoms with van der Waals surface area (Å²) in [6.45, 7) is 1.96. The van der Waals surface area contributed by atoms with E-state index in [1.165, 1.54) is 11.3 Å². The molecule has 0 fully saturated rings. The van der Waals surface area contributed by atoms with Gasteiger partial charge in [-0.2, -0.15) is 0 Å². The van der Waals surface area contributed by atoms with Gasteiger partial charge in [-0.3, -0.25) is 4.79 Å². The first-order valence-corrected chi connectivity index (χ1v) is 6.90. The molecule has 1 aromatic carbocycles. The summed E-state index contributed by atoms with van der Waals surface area (Å²) in [5.41, 5.74) is 3.22. The molecule has 18 heavy (non-hydrogen) atoms. The highest BCUT2D eigenvalue weighted by atomic mass is 35.5. The fourth-order valence-electron chi connectivity index (χ4n) is 1.69. The van der Waals surface area contributed by atoms with Gasteiger partial charge in [-0.1, -0.05) is 23.7 Å². The van der Waals surface area contributed by atoms with Crippen LogP contribution in [0.1, 0.15) is 23.0 Å². The monoisotopic (exact) mass is 280 g/mol. The van der Waals surface area contributed by atoms with Gasteiger partial charge < -0.3 is 5.32 Å². The van der Waals surface area contributed by atoms with Crippen LogP contribution in [0.25, 0.3) is 0 Å². The van der Waals surface area contributed by atoms with Crippen molar-refractivity contribution in [3.8, 4) is 0 Å². The van der Waals surface area contributed by atoms with Crippen LogP contribution in [-0.2, 0) is 6.42 Å². The number of benzene rings is 1. The van der Waals surface area contributed by atoms with Crippen LogP contribution in [0.5, 0.6) is 0 Å². The highest BCUT2D eigenvalue weighted by Gasteiger charge is 2.11. The minimum absolute atomic E-state index is 0.0395. The zero-order chi connectivity index (χ0) is 13.0. The molecule has 0 aliphatic heterocycles. The van der Waals surface area contributed by atoms with Crippen molar-refractivity contribution in [2.24, 2.45) is 0 Å². The van der Waals surface area contributed by atoms with Crippen LogP contribution in [0.3, 0.4) is 0 Å². The maximum Gasteiger partial charge on any atom is 0.270 e. The van der Waals surface area contributed by atoms with Crippen molar-refractivity contribution in [1.29, 1.82) is 0 Å². The van der Waals surface area contributed by atoms with E-state index in [2.05, 4.69) is 10.3 Å². The van der Waals surface area contributed by atoms with E-state index in [-0.39, 0.29) is 11.9 Å². The van der Waals surface area contributed by atoms with Gasteiger partial charge in [0.25, 0.3) is 5.91 Å². The maximum atomic E-state index is 11.8. The number of amides is 1. The first kappa shape index (κ1) is 13.1. The highest BCUT2D eigenvalue weighted by Crippen LogP contribution is 2.12. The van der Waals surface area contributed by atoms with Crippen molar-refractivity contribution in [2.75, 3.05) is 0 Å². The Morgan fingerprint density at radius 3 is 3.06 bits per heavy atom. The second-order valence-electron chi connectivity index (χ2n) is 4.08. The lowest BCUT2D eigenvalue weighted by Gasteiger charge is -2.13. The lowest BCUT2D eigenvalue weighted by Crippen LogP contribution is -2.34. The van der Waals surface area contributed by atoms with E-state index in [1.807, 2.05) is 31.2 Å². The molecule has 0 radical (unpaired) electrons. The van der Waals surface area contributed by atoms with Gasteiger partial charge in [-0.15, -0.1) is 11.3 Å². The van der Waals surface area contributed by atoms with Crippen LogP contribution < -0.4 is 5.32 Å². The van der Waals surface area contributed by atoms with Crippen LogP contribution in [0, 0.1) is 0 Å². The molecule has 1 aromatic heterocycles. The van der Waals surface area contributed by atoms with Crippen LogP contribution >= 0.6 is 22.9 Å². The number of carbonyl (C=O) groups is 1. The van der Waals surface area contributed by atoms with Gasteiger partial charge in [0, 0.05) is 16.4 Å². The number of nitrogens with one attached hydrogen (secondary N) is 1. The predicted molar refractivity (Wildman–Crippen MR) is 74.2 cm³/mol. The van der Waals surface area contributed by atoms with Crippen molar-refractivity contribution >= 4 is 28.8 Å². The Kier molecular flexibility index (Phi) is 4.33. The molecule has 0 bridgehead atoms. The molecule has 0 saturated carbocycles. The molecule has 0 spiro atoms. The van der Waals surface area contributed by atoms with Crippen molar-refractivity contribution < 1.29 is 4.79 Å². The summed E-state index contributed by atoms with van der Waals surface area (Å²) in [7, 11) is 0.